The van der Waals surface area contributed by atoms with E-state index >= 15 is 0 Å². The molecule has 1 fully saturated rings. The molecule has 0 spiro atoms. The molecule has 1 heterocycles. The van der Waals surface area contributed by atoms with Crippen LogP contribution in [0.1, 0.15) is 30.4 Å². The first kappa shape index (κ1) is 17.6. The van der Waals surface area contributed by atoms with E-state index in [-0.39, 0.29) is 0 Å². The zero-order chi connectivity index (χ0) is 17.5. The maximum Gasteiger partial charge on any atom is 0.123 e. The average Bonchev–Trinajstić information content (AvgIpc) is 3.16. The lowest BCUT2D eigenvalue weighted by atomic mass is 10.1. The number of nitrogens with two attached hydrogens (primary N) is 1. The highest BCUT2D eigenvalue weighted by atomic mass is 16.5. The Hall–Kier alpha value is -2.20. The maximum atomic E-state index is 6.27. The van der Waals surface area contributed by atoms with Gasteiger partial charge in [0.15, 0.2) is 0 Å². The van der Waals surface area contributed by atoms with Crippen molar-refractivity contribution >= 4 is 11.4 Å². The van der Waals surface area contributed by atoms with Crippen LogP contribution >= 0.6 is 0 Å². The number of hydrogen-bond acceptors (Lipinski definition) is 4. The predicted molar refractivity (Wildman–Crippen MR) is 105 cm³/mol. The Kier molecular flexibility index (Phi) is 6.18. The van der Waals surface area contributed by atoms with Gasteiger partial charge in [-0.1, -0.05) is 24.3 Å². The molecule has 2 aromatic rings. The zero-order valence-electron chi connectivity index (χ0n) is 15.1. The number of nitrogens with zero attached hydrogens (tertiary/aromatic N) is 1. The summed E-state index contributed by atoms with van der Waals surface area (Å²) in [4.78, 5) is 2.40. The van der Waals surface area contributed by atoms with Crippen LogP contribution in [-0.4, -0.2) is 26.7 Å². The van der Waals surface area contributed by atoms with Crippen LogP contribution in [0, 0.1) is 0 Å². The minimum absolute atomic E-state index is 0.833. The summed E-state index contributed by atoms with van der Waals surface area (Å²) in [6.07, 6.45) is 4.69. The Labute approximate surface area is 151 Å². The Balaban J connectivity index is 1.44. The summed E-state index contributed by atoms with van der Waals surface area (Å²) in [5.74, 6) is 0.945. The summed E-state index contributed by atoms with van der Waals surface area (Å²) in [6, 6.07) is 14.7. The summed E-state index contributed by atoms with van der Waals surface area (Å²) >= 11 is 0. The van der Waals surface area contributed by atoms with Gasteiger partial charge < -0.3 is 20.7 Å². The summed E-state index contributed by atoms with van der Waals surface area (Å²) < 4.78 is 5.38. The summed E-state index contributed by atoms with van der Waals surface area (Å²) in [5.41, 5.74) is 10.9. The molecule has 0 saturated carbocycles. The van der Waals surface area contributed by atoms with Crippen LogP contribution in [0.15, 0.2) is 42.5 Å². The van der Waals surface area contributed by atoms with Gasteiger partial charge in [-0.15, -0.1) is 0 Å². The van der Waals surface area contributed by atoms with Crippen molar-refractivity contribution in [2.24, 2.45) is 0 Å². The van der Waals surface area contributed by atoms with E-state index in [1.54, 1.807) is 7.11 Å². The molecular formula is C21H29N3O. The summed E-state index contributed by atoms with van der Waals surface area (Å²) in [6.45, 7) is 4.08. The van der Waals surface area contributed by atoms with E-state index < -0.39 is 0 Å². The standard InChI is InChI=1S/C21H29N3O/c1-25-21-9-3-2-8-18(21)16-23-12-6-7-17-10-11-20(19(22)15-17)24-13-4-5-14-24/h2-3,8-11,15,23H,4-7,12-14,16,22H2,1H3. The summed E-state index contributed by atoms with van der Waals surface area (Å²) in [7, 11) is 1.72. The average molecular weight is 339 g/mol. The molecule has 0 amide bonds. The molecule has 3 N–H and O–H groups in total. The van der Waals surface area contributed by atoms with E-state index in [1.165, 1.54) is 29.7 Å². The number of para-hydroxylation sites is 1. The monoisotopic (exact) mass is 339 g/mol. The number of benzene rings is 2. The first-order valence-corrected chi connectivity index (χ1v) is 9.24. The number of rotatable bonds is 8. The van der Waals surface area contributed by atoms with Crippen LogP contribution in [0.3, 0.4) is 0 Å². The molecule has 0 bridgehead atoms. The minimum atomic E-state index is 0.833. The number of methoxy groups -OCH3 is 1. The third kappa shape index (κ3) is 4.67. The van der Waals surface area contributed by atoms with Crippen molar-refractivity contribution in [1.29, 1.82) is 0 Å². The molecule has 2 aromatic carbocycles. The topological polar surface area (TPSA) is 50.5 Å². The highest BCUT2D eigenvalue weighted by Crippen LogP contribution is 2.27. The number of nitrogen functional groups attached to an aromatic ring is 1. The van der Waals surface area contributed by atoms with Gasteiger partial charge in [0.2, 0.25) is 0 Å². The van der Waals surface area contributed by atoms with Gasteiger partial charge in [0.1, 0.15) is 5.75 Å². The fraction of sp³-hybridized carbons (Fsp3) is 0.429. The number of ether oxygens (including phenoxy) is 1. The van der Waals surface area contributed by atoms with Crippen molar-refractivity contribution in [3.8, 4) is 5.75 Å². The van der Waals surface area contributed by atoms with Crippen molar-refractivity contribution in [1.82, 2.24) is 5.32 Å². The van der Waals surface area contributed by atoms with Crippen molar-refractivity contribution in [3.63, 3.8) is 0 Å². The van der Waals surface area contributed by atoms with Crippen LogP contribution in [0.4, 0.5) is 11.4 Å². The molecule has 0 unspecified atom stereocenters. The highest BCUT2D eigenvalue weighted by Gasteiger charge is 2.14. The van der Waals surface area contributed by atoms with Crippen LogP contribution in [-0.2, 0) is 13.0 Å². The Morgan fingerprint density at radius 1 is 1.12 bits per heavy atom. The van der Waals surface area contributed by atoms with Crippen LogP contribution < -0.4 is 20.7 Å². The second-order valence-corrected chi connectivity index (χ2v) is 6.68. The van der Waals surface area contributed by atoms with E-state index in [0.29, 0.717) is 0 Å². The molecule has 1 aliphatic heterocycles. The SMILES string of the molecule is COc1ccccc1CNCCCc1ccc(N2CCCC2)c(N)c1. The molecule has 3 rings (SSSR count). The van der Waals surface area contributed by atoms with E-state index in [2.05, 4.69) is 34.5 Å². The first-order valence-electron chi connectivity index (χ1n) is 9.24. The molecule has 25 heavy (non-hydrogen) atoms. The Morgan fingerprint density at radius 3 is 2.68 bits per heavy atom. The molecule has 1 saturated heterocycles. The fourth-order valence-electron chi connectivity index (χ4n) is 3.50. The number of aryl methyl sites for hydroxylation is 1. The second-order valence-electron chi connectivity index (χ2n) is 6.68. The van der Waals surface area contributed by atoms with Gasteiger partial charge in [-0.2, -0.15) is 0 Å². The van der Waals surface area contributed by atoms with Gasteiger partial charge in [-0.25, -0.2) is 0 Å². The largest absolute Gasteiger partial charge is 0.496 e. The molecule has 0 radical (unpaired) electrons. The number of nitrogens with one attached hydrogen (secondary N) is 1. The van der Waals surface area contributed by atoms with Crippen LogP contribution in [0.5, 0.6) is 5.75 Å². The highest BCUT2D eigenvalue weighted by molar-refractivity contribution is 5.68. The van der Waals surface area contributed by atoms with Gasteiger partial charge in [-0.3, -0.25) is 0 Å². The smallest absolute Gasteiger partial charge is 0.123 e. The van der Waals surface area contributed by atoms with Gasteiger partial charge in [0.05, 0.1) is 18.5 Å². The quantitative estimate of drug-likeness (QED) is 0.570. The van der Waals surface area contributed by atoms with E-state index in [4.69, 9.17) is 10.5 Å². The van der Waals surface area contributed by atoms with E-state index in [9.17, 15) is 0 Å². The predicted octanol–water partition coefficient (Wildman–Crippen LogP) is 3.60. The van der Waals surface area contributed by atoms with Crippen LogP contribution in [0.2, 0.25) is 0 Å². The fourth-order valence-corrected chi connectivity index (χ4v) is 3.50. The van der Waals surface area contributed by atoms with Crippen LogP contribution in [0.25, 0.3) is 0 Å². The van der Waals surface area contributed by atoms with Crippen molar-refractivity contribution in [2.45, 2.75) is 32.2 Å². The second kappa shape index (κ2) is 8.77. The zero-order valence-corrected chi connectivity index (χ0v) is 15.1. The molecule has 4 heteroatoms. The van der Waals surface area contributed by atoms with Crippen molar-refractivity contribution in [3.05, 3.63) is 53.6 Å². The molecule has 0 aromatic heterocycles. The number of anilines is 2. The molecule has 134 valence electrons. The molecule has 4 nitrogen and oxygen atoms in total. The summed E-state index contributed by atoms with van der Waals surface area (Å²) in [5, 5.41) is 3.50. The lowest BCUT2D eigenvalue weighted by Crippen LogP contribution is -2.19. The lowest BCUT2D eigenvalue weighted by molar-refractivity contribution is 0.407. The van der Waals surface area contributed by atoms with Gasteiger partial charge in [0.25, 0.3) is 0 Å². The molecule has 0 atom stereocenters. The lowest BCUT2D eigenvalue weighted by Gasteiger charge is -2.20. The minimum Gasteiger partial charge on any atom is -0.496 e. The first-order chi connectivity index (χ1) is 12.3. The molecular weight excluding hydrogens is 310 g/mol. The van der Waals surface area contributed by atoms with E-state index in [1.807, 2.05) is 18.2 Å². The van der Waals surface area contributed by atoms with Gasteiger partial charge in [-0.05, 0) is 56.0 Å². The maximum absolute atomic E-state index is 6.27. The third-order valence-corrected chi connectivity index (χ3v) is 4.87. The van der Waals surface area contributed by atoms with Gasteiger partial charge in [0, 0.05) is 25.2 Å². The van der Waals surface area contributed by atoms with E-state index in [0.717, 1.165) is 50.5 Å². The number of hydrogen-bond donors (Lipinski definition) is 2. The van der Waals surface area contributed by atoms with Crippen molar-refractivity contribution < 1.29 is 4.74 Å². The Bertz CT molecular complexity index is 681. The normalized spacial score (nSPS) is 14.0. The van der Waals surface area contributed by atoms with Crippen molar-refractivity contribution in [2.75, 3.05) is 37.4 Å². The molecule has 1 aliphatic rings. The third-order valence-electron chi connectivity index (χ3n) is 4.87. The molecule has 0 aliphatic carbocycles. The van der Waals surface area contributed by atoms with Gasteiger partial charge >= 0.3 is 0 Å². The Morgan fingerprint density at radius 2 is 1.92 bits per heavy atom.